The fourth-order valence-electron chi connectivity index (χ4n) is 3.64. The molecule has 4 aromatic heterocycles. The SMILES string of the molecule is Cc1c(-c2cc(C(F)F)nc3sc(C(N)=O)c(NC(=O)c4nn(C)c(C)c4[N+](=O)[O-])c23)cnn1C. The van der Waals surface area contributed by atoms with Gasteiger partial charge in [-0.25, -0.2) is 13.8 Å². The summed E-state index contributed by atoms with van der Waals surface area (Å²) in [6.07, 6.45) is -1.45. The maximum absolute atomic E-state index is 13.6. The molecule has 0 aliphatic heterocycles. The highest BCUT2D eigenvalue weighted by molar-refractivity contribution is 7.21. The monoisotopic (exact) mass is 504 g/mol. The zero-order valence-corrected chi connectivity index (χ0v) is 19.6. The van der Waals surface area contributed by atoms with Crippen LogP contribution in [0.25, 0.3) is 21.3 Å². The van der Waals surface area contributed by atoms with E-state index in [9.17, 15) is 28.5 Å². The maximum Gasteiger partial charge on any atom is 0.322 e. The van der Waals surface area contributed by atoms with Crippen molar-refractivity contribution in [1.82, 2.24) is 24.5 Å². The molecule has 0 spiro atoms. The van der Waals surface area contributed by atoms with Crippen molar-refractivity contribution in [1.29, 1.82) is 0 Å². The number of halogens is 2. The van der Waals surface area contributed by atoms with Crippen molar-refractivity contribution in [2.45, 2.75) is 20.3 Å². The summed E-state index contributed by atoms with van der Waals surface area (Å²) in [6, 6.07) is 1.15. The number of primary amides is 1. The summed E-state index contributed by atoms with van der Waals surface area (Å²) >= 11 is 0.721. The molecule has 0 radical (unpaired) electrons. The van der Waals surface area contributed by atoms with Gasteiger partial charge in [0, 0.05) is 30.7 Å². The molecule has 0 saturated heterocycles. The molecule has 4 rings (SSSR count). The third-order valence-corrected chi connectivity index (χ3v) is 6.69. The Morgan fingerprint density at radius 3 is 2.43 bits per heavy atom. The number of carbonyl (C=O) groups is 2. The minimum absolute atomic E-state index is 0.0249. The Bertz CT molecular complexity index is 1540. The Morgan fingerprint density at radius 2 is 1.89 bits per heavy atom. The minimum atomic E-state index is -2.91. The van der Waals surface area contributed by atoms with E-state index in [1.807, 2.05) is 0 Å². The van der Waals surface area contributed by atoms with E-state index in [4.69, 9.17) is 5.73 Å². The molecule has 182 valence electrons. The highest BCUT2D eigenvalue weighted by Gasteiger charge is 2.32. The third kappa shape index (κ3) is 3.88. The van der Waals surface area contributed by atoms with Gasteiger partial charge in [-0.15, -0.1) is 11.3 Å². The fraction of sp³-hybridized carbons (Fsp3) is 0.250. The molecule has 3 N–H and O–H groups in total. The number of hydrogen-bond donors (Lipinski definition) is 2. The Labute approximate surface area is 199 Å². The molecule has 0 bridgehead atoms. The summed E-state index contributed by atoms with van der Waals surface area (Å²) in [7, 11) is 3.10. The average molecular weight is 504 g/mol. The van der Waals surface area contributed by atoms with Gasteiger partial charge in [0.1, 0.15) is 21.1 Å². The van der Waals surface area contributed by atoms with Crippen molar-refractivity contribution < 1.29 is 23.3 Å². The lowest BCUT2D eigenvalue weighted by Crippen LogP contribution is -2.18. The van der Waals surface area contributed by atoms with Crippen LogP contribution in [0, 0.1) is 24.0 Å². The van der Waals surface area contributed by atoms with Gasteiger partial charge in [-0.05, 0) is 25.5 Å². The van der Waals surface area contributed by atoms with Crippen molar-refractivity contribution in [2.75, 3.05) is 5.32 Å². The summed E-state index contributed by atoms with van der Waals surface area (Å²) in [4.78, 5) is 40.0. The number of aryl methyl sites for hydroxylation is 2. The number of pyridine rings is 1. The molecule has 0 saturated carbocycles. The zero-order valence-electron chi connectivity index (χ0n) is 18.8. The van der Waals surface area contributed by atoms with E-state index in [1.165, 1.54) is 29.5 Å². The van der Waals surface area contributed by atoms with Crippen molar-refractivity contribution in [3.8, 4) is 11.1 Å². The van der Waals surface area contributed by atoms with Crippen LogP contribution in [0.3, 0.4) is 0 Å². The van der Waals surface area contributed by atoms with Crippen molar-refractivity contribution in [3.05, 3.63) is 50.0 Å². The third-order valence-electron chi connectivity index (χ3n) is 5.59. The van der Waals surface area contributed by atoms with E-state index >= 15 is 0 Å². The molecule has 0 aliphatic carbocycles. The summed E-state index contributed by atoms with van der Waals surface area (Å²) in [5, 5.41) is 22.3. The second-order valence-electron chi connectivity index (χ2n) is 7.63. The van der Waals surface area contributed by atoms with Crippen molar-refractivity contribution >= 4 is 44.7 Å². The Morgan fingerprint density at radius 1 is 1.20 bits per heavy atom. The van der Waals surface area contributed by atoms with Crippen LogP contribution in [0.2, 0.25) is 0 Å². The maximum atomic E-state index is 13.6. The van der Waals surface area contributed by atoms with Crippen molar-refractivity contribution in [2.24, 2.45) is 19.8 Å². The number of thiophene rings is 1. The summed E-state index contributed by atoms with van der Waals surface area (Å²) in [5.41, 5.74) is 5.35. The number of anilines is 1. The molecular weight excluding hydrogens is 486 g/mol. The molecule has 4 aromatic rings. The Balaban J connectivity index is 1.99. The molecule has 35 heavy (non-hydrogen) atoms. The van der Waals surface area contributed by atoms with Gasteiger partial charge in [0.25, 0.3) is 18.2 Å². The molecule has 0 aliphatic rings. The molecule has 0 atom stereocenters. The molecule has 2 amide bonds. The van der Waals surface area contributed by atoms with Gasteiger partial charge in [-0.3, -0.25) is 29.1 Å². The number of fused-ring (bicyclic) bond motifs is 1. The second kappa shape index (κ2) is 8.50. The quantitative estimate of drug-likeness (QED) is 0.300. The summed E-state index contributed by atoms with van der Waals surface area (Å²) < 4.78 is 30.0. The Kier molecular flexibility index (Phi) is 5.80. The normalized spacial score (nSPS) is 11.4. The van der Waals surface area contributed by atoms with Gasteiger partial charge in [-0.2, -0.15) is 10.2 Å². The number of nitrogens with zero attached hydrogens (tertiary/aromatic N) is 6. The van der Waals surface area contributed by atoms with E-state index in [0.717, 1.165) is 17.4 Å². The number of alkyl halides is 2. The van der Waals surface area contributed by atoms with Crippen LogP contribution in [-0.4, -0.2) is 41.3 Å². The fourth-order valence-corrected chi connectivity index (χ4v) is 4.65. The van der Waals surface area contributed by atoms with E-state index < -0.39 is 40.2 Å². The topological polar surface area (TPSA) is 164 Å². The number of hydrogen-bond acceptors (Lipinski definition) is 8. The van der Waals surface area contributed by atoms with Crippen LogP contribution < -0.4 is 11.1 Å². The van der Waals surface area contributed by atoms with Gasteiger partial charge < -0.3 is 11.1 Å². The number of aromatic nitrogens is 5. The van der Waals surface area contributed by atoms with Crippen LogP contribution in [0.15, 0.2) is 12.3 Å². The number of carbonyl (C=O) groups excluding carboxylic acids is 2. The lowest BCUT2D eigenvalue weighted by molar-refractivity contribution is -0.385. The molecule has 12 nitrogen and oxygen atoms in total. The smallest absolute Gasteiger partial charge is 0.322 e. The van der Waals surface area contributed by atoms with Crippen LogP contribution in [0.1, 0.15) is 43.7 Å². The number of nitrogens with one attached hydrogen (secondary N) is 1. The molecule has 0 unspecified atom stereocenters. The van der Waals surface area contributed by atoms with E-state index in [-0.39, 0.29) is 32.0 Å². The van der Waals surface area contributed by atoms with E-state index in [0.29, 0.717) is 11.3 Å². The summed E-state index contributed by atoms with van der Waals surface area (Å²) in [6.45, 7) is 3.14. The molecule has 0 fully saturated rings. The van der Waals surface area contributed by atoms with Crippen LogP contribution in [0.5, 0.6) is 0 Å². The minimum Gasteiger partial charge on any atom is -0.365 e. The molecule has 4 heterocycles. The van der Waals surface area contributed by atoms with Crippen LogP contribution in [0.4, 0.5) is 20.2 Å². The number of amides is 2. The lowest BCUT2D eigenvalue weighted by atomic mass is 10.0. The summed E-state index contributed by atoms with van der Waals surface area (Å²) in [5.74, 6) is -1.92. The first-order valence-corrected chi connectivity index (χ1v) is 10.8. The van der Waals surface area contributed by atoms with Gasteiger partial charge >= 0.3 is 5.69 Å². The number of rotatable bonds is 6. The standard InChI is InChI=1S/C20H18F2N8O4S/c1-7-10(6-24-28(7)3)9-5-11(17(21)22)25-20-12(9)13(16(35-20)18(23)31)26-19(32)14-15(30(33)34)8(2)29(4)27-14/h5-6,17H,1-4H3,(H2,23,31)(H,26,32). The number of nitro groups is 1. The molecule has 15 heteroatoms. The van der Waals surface area contributed by atoms with E-state index in [2.05, 4.69) is 20.5 Å². The predicted molar refractivity (Wildman–Crippen MR) is 123 cm³/mol. The second-order valence-corrected chi connectivity index (χ2v) is 8.63. The van der Waals surface area contributed by atoms with Gasteiger partial charge in [0.15, 0.2) is 0 Å². The highest BCUT2D eigenvalue weighted by Crippen LogP contribution is 2.43. The Hall–Kier alpha value is -4.27. The molecular formula is C20H18F2N8O4S. The number of nitrogens with two attached hydrogens (primary N) is 1. The highest BCUT2D eigenvalue weighted by atomic mass is 32.1. The van der Waals surface area contributed by atoms with Gasteiger partial charge in [0.05, 0.1) is 16.8 Å². The lowest BCUT2D eigenvalue weighted by Gasteiger charge is -2.10. The first-order chi connectivity index (χ1) is 16.4. The first-order valence-electron chi connectivity index (χ1n) is 9.96. The van der Waals surface area contributed by atoms with Gasteiger partial charge in [0.2, 0.25) is 5.69 Å². The first kappa shape index (κ1) is 23.9. The van der Waals surface area contributed by atoms with E-state index in [1.54, 1.807) is 14.0 Å². The van der Waals surface area contributed by atoms with Gasteiger partial charge in [-0.1, -0.05) is 0 Å². The van der Waals surface area contributed by atoms with Crippen molar-refractivity contribution in [3.63, 3.8) is 0 Å². The largest absolute Gasteiger partial charge is 0.365 e. The predicted octanol–water partition coefficient (Wildman–Crippen LogP) is 3.24. The molecule has 0 aromatic carbocycles. The zero-order chi connectivity index (χ0) is 25.8. The van der Waals surface area contributed by atoms with Crippen LogP contribution in [-0.2, 0) is 14.1 Å². The van der Waals surface area contributed by atoms with Crippen LogP contribution >= 0.6 is 11.3 Å². The average Bonchev–Trinajstić information content (AvgIpc) is 3.41.